The highest BCUT2D eigenvalue weighted by atomic mass is 35.5. The lowest BCUT2D eigenvalue weighted by Crippen LogP contribution is -2.19. The van der Waals surface area contributed by atoms with Crippen LogP contribution in [0.4, 0.5) is 11.4 Å². The SMILES string of the molecule is NC(=S)Nc1cccc(C(=O)Nc2cccc(Cl)c2)c1. The molecule has 0 aromatic heterocycles. The number of halogens is 1. The van der Waals surface area contributed by atoms with Crippen molar-refractivity contribution in [2.45, 2.75) is 0 Å². The van der Waals surface area contributed by atoms with E-state index in [9.17, 15) is 4.79 Å². The van der Waals surface area contributed by atoms with Gasteiger partial charge in [0, 0.05) is 22.0 Å². The highest BCUT2D eigenvalue weighted by Crippen LogP contribution is 2.17. The Hall–Kier alpha value is -2.11. The predicted molar refractivity (Wildman–Crippen MR) is 86.3 cm³/mol. The van der Waals surface area contributed by atoms with E-state index in [1.165, 1.54) is 0 Å². The maximum absolute atomic E-state index is 12.1. The molecule has 2 aromatic rings. The molecule has 20 heavy (non-hydrogen) atoms. The molecule has 0 radical (unpaired) electrons. The number of nitrogens with two attached hydrogens (primary N) is 1. The fourth-order valence-corrected chi connectivity index (χ4v) is 1.96. The molecule has 0 saturated heterocycles. The maximum atomic E-state index is 12.1. The predicted octanol–water partition coefficient (Wildman–Crippen LogP) is 3.25. The van der Waals surface area contributed by atoms with Crippen LogP contribution in [0.5, 0.6) is 0 Å². The van der Waals surface area contributed by atoms with Crippen LogP contribution >= 0.6 is 23.8 Å². The van der Waals surface area contributed by atoms with Crippen molar-refractivity contribution in [3.8, 4) is 0 Å². The number of amides is 1. The Morgan fingerprint density at radius 1 is 1.05 bits per heavy atom. The minimum absolute atomic E-state index is 0.150. The first kappa shape index (κ1) is 14.3. The minimum atomic E-state index is -0.237. The molecule has 0 fully saturated rings. The second-order valence-corrected chi connectivity index (χ2v) is 4.91. The van der Waals surface area contributed by atoms with Gasteiger partial charge in [-0.2, -0.15) is 0 Å². The summed E-state index contributed by atoms with van der Waals surface area (Å²) in [4.78, 5) is 12.1. The minimum Gasteiger partial charge on any atom is -0.376 e. The third kappa shape index (κ3) is 3.94. The maximum Gasteiger partial charge on any atom is 0.255 e. The zero-order chi connectivity index (χ0) is 14.5. The lowest BCUT2D eigenvalue weighted by Gasteiger charge is -2.08. The Bertz CT molecular complexity index is 660. The van der Waals surface area contributed by atoms with Gasteiger partial charge in [-0.15, -0.1) is 0 Å². The molecular weight excluding hydrogens is 294 g/mol. The highest BCUT2D eigenvalue weighted by Gasteiger charge is 2.07. The van der Waals surface area contributed by atoms with Crippen LogP contribution in [0.25, 0.3) is 0 Å². The van der Waals surface area contributed by atoms with Crippen LogP contribution in [-0.2, 0) is 0 Å². The van der Waals surface area contributed by atoms with E-state index in [2.05, 4.69) is 10.6 Å². The van der Waals surface area contributed by atoms with Gasteiger partial charge in [0.1, 0.15) is 0 Å². The number of carbonyl (C=O) groups is 1. The van der Waals surface area contributed by atoms with E-state index in [-0.39, 0.29) is 11.0 Å². The van der Waals surface area contributed by atoms with E-state index < -0.39 is 0 Å². The van der Waals surface area contributed by atoms with E-state index in [1.54, 1.807) is 48.5 Å². The average molecular weight is 306 g/mol. The van der Waals surface area contributed by atoms with Gasteiger partial charge in [-0.1, -0.05) is 23.7 Å². The van der Waals surface area contributed by atoms with Crippen LogP contribution in [0.1, 0.15) is 10.4 Å². The molecule has 4 N–H and O–H groups in total. The van der Waals surface area contributed by atoms with Crippen molar-refractivity contribution >= 4 is 46.2 Å². The number of hydrogen-bond donors (Lipinski definition) is 3. The monoisotopic (exact) mass is 305 g/mol. The van der Waals surface area contributed by atoms with Crippen molar-refractivity contribution in [1.82, 2.24) is 0 Å². The topological polar surface area (TPSA) is 67.1 Å². The standard InChI is InChI=1S/C14H12ClN3OS/c15-10-4-2-6-12(8-10)17-13(19)9-3-1-5-11(7-9)18-14(16)20/h1-8H,(H,17,19)(H3,16,18,20). The van der Waals surface area contributed by atoms with Crippen LogP contribution < -0.4 is 16.4 Å². The largest absolute Gasteiger partial charge is 0.376 e. The van der Waals surface area contributed by atoms with Gasteiger partial charge in [-0.25, -0.2) is 0 Å². The lowest BCUT2D eigenvalue weighted by molar-refractivity contribution is 0.102. The van der Waals surface area contributed by atoms with Gasteiger partial charge < -0.3 is 16.4 Å². The first-order valence-electron chi connectivity index (χ1n) is 5.78. The second-order valence-electron chi connectivity index (χ2n) is 4.03. The van der Waals surface area contributed by atoms with Gasteiger partial charge in [-0.05, 0) is 48.6 Å². The number of thiocarbonyl (C=S) groups is 1. The Labute approximate surface area is 126 Å². The van der Waals surface area contributed by atoms with Crippen LogP contribution in [0.3, 0.4) is 0 Å². The summed E-state index contributed by atoms with van der Waals surface area (Å²) in [5.41, 5.74) is 7.19. The molecule has 0 aliphatic rings. The number of benzene rings is 2. The molecule has 2 aromatic carbocycles. The molecular formula is C14H12ClN3OS. The first-order chi connectivity index (χ1) is 9.54. The zero-order valence-corrected chi connectivity index (χ0v) is 12.0. The molecule has 2 rings (SSSR count). The summed E-state index contributed by atoms with van der Waals surface area (Å²) in [5.74, 6) is -0.237. The molecule has 0 saturated carbocycles. The van der Waals surface area contributed by atoms with E-state index in [4.69, 9.17) is 29.6 Å². The Balaban J connectivity index is 2.15. The molecule has 0 spiro atoms. The Kier molecular flexibility index (Phi) is 4.55. The van der Waals surface area contributed by atoms with Gasteiger partial charge in [0.2, 0.25) is 0 Å². The molecule has 0 unspecified atom stereocenters. The molecule has 0 heterocycles. The third-order valence-electron chi connectivity index (χ3n) is 2.47. The molecule has 0 bridgehead atoms. The third-order valence-corrected chi connectivity index (χ3v) is 2.81. The first-order valence-corrected chi connectivity index (χ1v) is 6.56. The Morgan fingerprint density at radius 3 is 2.35 bits per heavy atom. The van der Waals surface area contributed by atoms with Crippen LogP contribution in [0.2, 0.25) is 5.02 Å². The van der Waals surface area contributed by atoms with Crippen LogP contribution in [0.15, 0.2) is 48.5 Å². The molecule has 0 aliphatic carbocycles. The van der Waals surface area contributed by atoms with Crippen LogP contribution in [-0.4, -0.2) is 11.0 Å². The zero-order valence-electron chi connectivity index (χ0n) is 10.4. The summed E-state index contributed by atoms with van der Waals surface area (Å²) in [6, 6.07) is 13.8. The van der Waals surface area contributed by atoms with Crippen molar-refractivity contribution in [2.24, 2.45) is 5.73 Å². The second kappa shape index (κ2) is 6.36. The molecule has 102 valence electrons. The van der Waals surface area contributed by atoms with Gasteiger partial charge in [0.15, 0.2) is 5.11 Å². The molecule has 1 amide bonds. The van der Waals surface area contributed by atoms with Gasteiger partial charge in [0.25, 0.3) is 5.91 Å². The van der Waals surface area contributed by atoms with Crippen LogP contribution in [0, 0.1) is 0 Å². The molecule has 0 atom stereocenters. The van der Waals surface area contributed by atoms with Crippen molar-refractivity contribution in [3.63, 3.8) is 0 Å². The number of anilines is 2. The summed E-state index contributed by atoms with van der Waals surface area (Å²) >= 11 is 10.6. The average Bonchev–Trinajstić information content (AvgIpc) is 2.38. The van der Waals surface area contributed by atoms with Crippen molar-refractivity contribution in [2.75, 3.05) is 10.6 Å². The van der Waals surface area contributed by atoms with E-state index in [0.29, 0.717) is 22.0 Å². The smallest absolute Gasteiger partial charge is 0.255 e. The number of carbonyl (C=O) groups excluding carboxylic acids is 1. The Morgan fingerprint density at radius 2 is 1.70 bits per heavy atom. The quantitative estimate of drug-likeness (QED) is 0.762. The highest BCUT2D eigenvalue weighted by molar-refractivity contribution is 7.80. The van der Waals surface area contributed by atoms with E-state index in [0.717, 1.165) is 0 Å². The van der Waals surface area contributed by atoms with Gasteiger partial charge in [0.05, 0.1) is 0 Å². The normalized spacial score (nSPS) is 9.85. The van der Waals surface area contributed by atoms with E-state index >= 15 is 0 Å². The summed E-state index contributed by atoms with van der Waals surface area (Å²) in [6.45, 7) is 0. The summed E-state index contributed by atoms with van der Waals surface area (Å²) in [6.07, 6.45) is 0. The number of nitrogens with one attached hydrogen (secondary N) is 2. The van der Waals surface area contributed by atoms with Crippen molar-refractivity contribution < 1.29 is 4.79 Å². The molecule has 0 aliphatic heterocycles. The summed E-state index contributed by atoms with van der Waals surface area (Å²) in [7, 11) is 0. The lowest BCUT2D eigenvalue weighted by atomic mass is 10.2. The summed E-state index contributed by atoms with van der Waals surface area (Å²) < 4.78 is 0. The van der Waals surface area contributed by atoms with Crippen molar-refractivity contribution in [1.29, 1.82) is 0 Å². The number of rotatable bonds is 3. The van der Waals surface area contributed by atoms with Crippen molar-refractivity contribution in [3.05, 3.63) is 59.1 Å². The number of hydrogen-bond acceptors (Lipinski definition) is 2. The summed E-state index contributed by atoms with van der Waals surface area (Å²) in [5, 5.41) is 6.26. The van der Waals surface area contributed by atoms with Gasteiger partial charge in [-0.3, -0.25) is 4.79 Å². The molecule has 6 heteroatoms. The van der Waals surface area contributed by atoms with E-state index in [1.807, 2.05) is 0 Å². The molecule has 4 nitrogen and oxygen atoms in total. The van der Waals surface area contributed by atoms with Gasteiger partial charge >= 0.3 is 0 Å². The fourth-order valence-electron chi connectivity index (χ4n) is 1.65. The fraction of sp³-hybridized carbons (Fsp3) is 0.